The SMILES string of the molecule is CCCCCCCCC=CCCCCCCCCCCCCNCCC[NH2+][O-]. The summed E-state index contributed by atoms with van der Waals surface area (Å²) >= 11 is 0. The molecule has 3 N–H and O–H groups in total. The zero-order chi connectivity index (χ0) is 20.4. The molecule has 0 saturated carbocycles. The van der Waals surface area contributed by atoms with Crippen LogP contribution in [0.4, 0.5) is 0 Å². The lowest BCUT2D eigenvalue weighted by atomic mass is 10.1. The summed E-state index contributed by atoms with van der Waals surface area (Å²) in [6.45, 7) is 5.09. The van der Waals surface area contributed by atoms with Crippen LogP contribution in [0.3, 0.4) is 0 Å². The Balaban J connectivity index is 3.03. The van der Waals surface area contributed by atoms with E-state index in [1.165, 1.54) is 116 Å². The summed E-state index contributed by atoms with van der Waals surface area (Å²) in [4.78, 5) is 0. The third-order valence-electron chi connectivity index (χ3n) is 5.54. The van der Waals surface area contributed by atoms with Crippen molar-refractivity contribution < 1.29 is 5.48 Å². The van der Waals surface area contributed by atoms with Crippen molar-refractivity contribution in [1.29, 1.82) is 0 Å². The number of hydrogen-bond acceptors (Lipinski definition) is 2. The predicted octanol–water partition coefficient (Wildman–Crippen LogP) is 6.63. The van der Waals surface area contributed by atoms with Gasteiger partial charge in [-0.05, 0) is 38.6 Å². The Hall–Kier alpha value is -0.380. The minimum atomic E-state index is 0.697. The van der Waals surface area contributed by atoms with Gasteiger partial charge in [0.1, 0.15) is 0 Å². The Bertz CT molecular complexity index is 294. The monoisotopic (exact) mass is 396 g/mol. The van der Waals surface area contributed by atoms with Gasteiger partial charge in [0.15, 0.2) is 0 Å². The molecule has 0 aromatic carbocycles. The van der Waals surface area contributed by atoms with E-state index in [0.29, 0.717) is 6.54 Å². The van der Waals surface area contributed by atoms with Crippen molar-refractivity contribution in [2.24, 2.45) is 0 Å². The van der Waals surface area contributed by atoms with Crippen LogP contribution in [0.2, 0.25) is 0 Å². The number of nitrogens with two attached hydrogens (primary N) is 1. The first-order chi connectivity index (χ1) is 13.9. The fraction of sp³-hybridized carbons (Fsp3) is 0.920. The van der Waals surface area contributed by atoms with Crippen molar-refractivity contribution in [2.45, 2.75) is 129 Å². The van der Waals surface area contributed by atoms with E-state index in [0.717, 1.165) is 25.0 Å². The quantitative estimate of drug-likeness (QED) is 0.109. The maximum absolute atomic E-state index is 10.2. The van der Waals surface area contributed by atoms with Crippen molar-refractivity contribution in [3.8, 4) is 0 Å². The molecule has 0 radical (unpaired) electrons. The Morgan fingerprint density at radius 3 is 1.50 bits per heavy atom. The van der Waals surface area contributed by atoms with Crippen LogP contribution in [0.5, 0.6) is 0 Å². The number of hydroxylamine groups is 1. The van der Waals surface area contributed by atoms with E-state index in [-0.39, 0.29) is 0 Å². The zero-order valence-corrected chi connectivity index (χ0v) is 19.2. The summed E-state index contributed by atoms with van der Waals surface area (Å²) in [7, 11) is 0. The molecule has 3 heteroatoms. The van der Waals surface area contributed by atoms with Gasteiger partial charge in [0, 0.05) is 13.0 Å². The van der Waals surface area contributed by atoms with Crippen molar-refractivity contribution in [2.75, 3.05) is 19.6 Å². The predicted molar refractivity (Wildman–Crippen MR) is 126 cm³/mol. The van der Waals surface area contributed by atoms with Gasteiger partial charge in [-0.25, -0.2) is 0 Å². The second-order valence-electron chi connectivity index (χ2n) is 8.41. The van der Waals surface area contributed by atoms with E-state index in [9.17, 15) is 5.21 Å². The Labute approximate surface area is 177 Å². The number of quaternary nitrogens is 1. The van der Waals surface area contributed by atoms with Crippen LogP contribution < -0.4 is 10.8 Å². The number of hydrogen-bond donors (Lipinski definition) is 2. The minimum absolute atomic E-state index is 0.697. The maximum atomic E-state index is 10.2. The summed E-state index contributed by atoms with van der Waals surface area (Å²) in [5.74, 6) is 0. The van der Waals surface area contributed by atoms with Crippen LogP contribution in [-0.2, 0) is 0 Å². The molecule has 0 bridgehead atoms. The molecular weight excluding hydrogens is 344 g/mol. The van der Waals surface area contributed by atoms with Crippen molar-refractivity contribution in [1.82, 2.24) is 5.32 Å². The molecule has 0 rings (SSSR count). The van der Waals surface area contributed by atoms with Crippen molar-refractivity contribution >= 4 is 0 Å². The molecule has 0 atom stereocenters. The van der Waals surface area contributed by atoms with Gasteiger partial charge in [-0.2, -0.15) is 0 Å². The van der Waals surface area contributed by atoms with Gasteiger partial charge in [0.25, 0.3) is 0 Å². The molecule has 0 aliphatic rings. The van der Waals surface area contributed by atoms with Crippen LogP contribution in [0.15, 0.2) is 12.2 Å². The molecule has 28 heavy (non-hydrogen) atoms. The van der Waals surface area contributed by atoms with Gasteiger partial charge >= 0.3 is 0 Å². The molecule has 0 amide bonds. The highest BCUT2D eigenvalue weighted by Gasteiger charge is 1.94. The lowest BCUT2D eigenvalue weighted by Gasteiger charge is -2.05. The summed E-state index contributed by atoms with van der Waals surface area (Å²) in [6, 6.07) is 0. The molecule has 0 spiro atoms. The van der Waals surface area contributed by atoms with Gasteiger partial charge in [-0.15, -0.1) is 0 Å². The third-order valence-corrected chi connectivity index (χ3v) is 5.54. The molecule has 168 valence electrons. The highest BCUT2D eigenvalue weighted by molar-refractivity contribution is 4.81. The molecule has 3 nitrogen and oxygen atoms in total. The van der Waals surface area contributed by atoms with Gasteiger partial charge in [0.2, 0.25) is 0 Å². The van der Waals surface area contributed by atoms with Gasteiger partial charge < -0.3 is 16.0 Å². The van der Waals surface area contributed by atoms with Crippen LogP contribution in [0, 0.1) is 5.21 Å². The molecule has 0 aromatic heterocycles. The van der Waals surface area contributed by atoms with Gasteiger partial charge in [-0.3, -0.25) is 0 Å². The van der Waals surface area contributed by atoms with E-state index in [1.54, 1.807) is 0 Å². The number of rotatable bonds is 24. The standard InChI is InChI=1S/C25H52N2O/c1-2-3-4-5-6-7-8-9-10-11-12-13-14-15-16-17-18-19-20-21-23-26-24-22-25-27-28/h9-10,26H,2-8,11-25,27H2,1H3. The second kappa shape index (κ2) is 26.6. The van der Waals surface area contributed by atoms with Gasteiger partial charge in [0.05, 0.1) is 6.54 Å². The molecule has 0 saturated heterocycles. The van der Waals surface area contributed by atoms with E-state index in [2.05, 4.69) is 24.4 Å². The highest BCUT2D eigenvalue weighted by atomic mass is 16.5. The minimum Gasteiger partial charge on any atom is -0.636 e. The highest BCUT2D eigenvalue weighted by Crippen LogP contribution is 2.12. The topological polar surface area (TPSA) is 51.7 Å². The van der Waals surface area contributed by atoms with E-state index in [1.807, 2.05) is 0 Å². The van der Waals surface area contributed by atoms with Crippen LogP contribution in [0.25, 0.3) is 0 Å². The zero-order valence-electron chi connectivity index (χ0n) is 19.2. The Kier molecular flexibility index (Phi) is 26.3. The van der Waals surface area contributed by atoms with Crippen LogP contribution >= 0.6 is 0 Å². The van der Waals surface area contributed by atoms with Gasteiger partial charge in [-0.1, -0.05) is 103 Å². The summed E-state index contributed by atoms with van der Waals surface area (Å²) in [6.07, 6.45) is 30.8. The molecule has 0 aromatic rings. The third kappa shape index (κ3) is 25.6. The lowest BCUT2D eigenvalue weighted by molar-refractivity contribution is -0.588. The summed E-state index contributed by atoms with van der Waals surface area (Å²) in [5.41, 5.74) is 1.01. The fourth-order valence-corrected chi connectivity index (χ4v) is 3.64. The normalized spacial score (nSPS) is 11.6. The largest absolute Gasteiger partial charge is 0.636 e. The average molecular weight is 397 g/mol. The van der Waals surface area contributed by atoms with Crippen LogP contribution in [-0.4, -0.2) is 19.6 Å². The van der Waals surface area contributed by atoms with E-state index < -0.39 is 0 Å². The first-order valence-electron chi connectivity index (χ1n) is 12.7. The Morgan fingerprint density at radius 2 is 1.00 bits per heavy atom. The number of nitrogens with one attached hydrogen (secondary N) is 1. The smallest absolute Gasteiger partial charge is 0.0764 e. The van der Waals surface area contributed by atoms with E-state index in [4.69, 9.17) is 0 Å². The lowest BCUT2D eigenvalue weighted by Crippen LogP contribution is -2.77. The second-order valence-corrected chi connectivity index (χ2v) is 8.41. The number of allylic oxidation sites excluding steroid dienone is 2. The fourth-order valence-electron chi connectivity index (χ4n) is 3.64. The summed E-state index contributed by atoms with van der Waals surface area (Å²) in [5, 5.41) is 13.6. The van der Waals surface area contributed by atoms with E-state index >= 15 is 0 Å². The molecule has 0 fully saturated rings. The molecule has 0 aliphatic carbocycles. The van der Waals surface area contributed by atoms with Crippen LogP contribution in [0.1, 0.15) is 129 Å². The first-order valence-corrected chi connectivity index (χ1v) is 12.7. The number of unbranched alkanes of at least 4 members (excludes halogenated alkanes) is 16. The maximum Gasteiger partial charge on any atom is 0.0764 e. The van der Waals surface area contributed by atoms with Crippen molar-refractivity contribution in [3.05, 3.63) is 17.4 Å². The molecule has 0 unspecified atom stereocenters. The average Bonchev–Trinajstić information content (AvgIpc) is 2.71. The molecular formula is C25H52N2O. The Morgan fingerprint density at radius 1 is 0.571 bits per heavy atom. The molecule has 0 aliphatic heterocycles. The van der Waals surface area contributed by atoms with Crippen molar-refractivity contribution in [3.63, 3.8) is 0 Å². The summed E-state index contributed by atoms with van der Waals surface area (Å²) < 4.78 is 0. The molecule has 0 heterocycles. The first kappa shape index (κ1) is 27.6.